The van der Waals surface area contributed by atoms with Crippen molar-refractivity contribution in [2.24, 2.45) is 5.92 Å². The van der Waals surface area contributed by atoms with Crippen molar-refractivity contribution in [3.63, 3.8) is 0 Å². The second-order valence-electron chi connectivity index (χ2n) is 5.28. The van der Waals surface area contributed by atoms with E-state index in [2.05, 4.69) is 10.4 Å². The van der Waals surface area contributed by atoms with E-state index in [0.717, 1.165) is 5.69 Å². The van der Waals surface area contributed by atoms with Crippen LogP contribution in [0.25, 0.3) is 5.69 Å². The Hall–Kier alpha value is -2.63. The number of aromatic nitrogens is 2. The molecule has 6 nitrogen and oxygen atoms in total. The number of carbonyl (C=O) groups excluding carboxylic acids is 1. The monoisotopic (exact) mass is 301 g/mol. The Bertz CT molecular complexity index is 679. The molecule has 1 aromatic heterocycles. The minimum absolute atomic E-state index is 0.319. The number of benzene rings is 1. The molecule has 1 heterocycles. The summed E-state index contributed by atoms with van der Waals surface area (Å²) in [5.41, 5.74) is 2.01. The molecule has 0 saturated carbocycles. The molecule has 2 N–H and O–H groups in total. The summed E-state index contributed by atoms with van der Waals surface area (Å²) in [7, 11) is 0. The molecular formula is C16H19N3O3. The van der Waals surface area contributed by atoms with Crippen molar-refractivity contribution in [3.8, 4) is 5.69 Å². The van der Waals surface area contributed by atoms with Gasteiger partial charge in [0.15, 0.2) is 0 Å². The molecule has 22 heavy (non-hydrogen) atoms. The van der Waals surface area contributed by atoms with Crippen molar-refractivity contribution in [2.75, 3.05) is 0 Å². The van der Waals surface area contributed by atoms with Crippen LogP contribution in [0, 0.1) is 12.8 Å². The zero-order valence-corrected chi connectivity index (χ0v) is 12.8. The smallest absolute Gasteiger partial charge is 0.308 e. The van der Waals surface area contributed by atoms with Crippen molar-refractivity contribution in [3.05, 3.63) is 47.8 Å². The lowest BCUT2D eigenvalue weighted by molar-refractivity contribution is -0.141. The topological polar surface area (TPSA) is 84.2 Å². The van der Waals surface area contributed by atoms with E-state index in [0.29, 0.717) is 11.3 Å². The van der Waals surface area contributed by atoms with Gasteiger partial charge in [0.2, 0.25) is 0 Å². The third kappa shape index (κ3) is 3.16. The first-order valence-corrected chi connectivity index (χ1v) is 7.05. The van der Waals surface area contributed by atoms with Crippen molar-refractivity contribution in [1.29, 1.82) is 0 Å². The Balaban J connectivity index is 2.19. The van der Waals surface area contributed by atoms with Crippen LogP contribution >= 0.6 is 0 Å². The molecule has 0 bridgehead atoms. The first-order valence-electron chi connectivity index (χ1n) is 7.05. The van der Waals surface area contributed by atoms with E-state index in [9.17, 15) is 9.59 Å². The van der Waals surface area contributed by atoms with Gasteiger partial charge < -0.3 is 10.4 Å². The molecule has 2 unspecified atom stereocenters. The van der Waals surface area contributed by atoms with Crippen LogP contribution in [0.15, 0.2) is 36.5 Å². The number of carboxylic acid groups (broad SMARTS) is 1. The van der Waals surface area contributed by atoms with E-state index in [1.807, 2.05) is 30.3 Å². The Morgan fingerprint density at radius 2 is 1.86 bits per heavy atom. The van der Waals surface area contributed by atoms with Crippen LogP contribution in [-0.2, 0) is 4.79 Å². The van der Waals surface area contributed by atoms with Gasteiger partial charge in [0.1, 0.15) is 0 Å². The summed E-state index contributed by atoms with van der Waals surface area (Å²) in [6.07, 6.45) is 1.50. The van der Waals surface area contributed by atoms with Crippen LogP contribution in [0.5, 0.6) is 0 Å². The van der Waals surface area contributed by atoms with Crippen molar-refractivity contribution >= 4 is 11.9 Å². The molecule has 1 aromatic carbocycles. The van der Waals surface area contributed by atoms with Crippen LogP contribution in [0.1, 0.15) is 29.9 Å². The molecule has 0 spiro atoms. The minimum Gasteiger partial charge on any atom is -0.481 e. The number of aliphatic carboxylic acids is 1. The molecule has 116 valence electrons. The van der Waals surface area contributed by atoms with E-state index < -0.39 is 17.9 Å². The molecule has 0 fully saturated rings. The number of carbonyl (C=O) groups is 2. The maximum atomic E-state index is 12.3. The zero-order chi connectivity index (χ0) is 16.3. The fourth-order valence-corrected chi connectivity index (χ4v) is 2.09. The predicted octanol–water partition coefficient (Wildman–Crippen LogP) is 2.02. The molecule has 0 aliphatic carbocycles. The van der Waals surface area contributed by atoms with Gasteiger partial charge in [-0.05, 0) is 32.9 Å². The number of rotatable bonds is 5. The Morgan fingerprint density at radius 3 is 2.45 bits per heavy atom. The minimum atomic E-state index is -0.940. The average molecular weight is 301 g/mol. The molecule has 2 rings (SSSR count). The molecule has 1 amide bonds. The summed E-state index contributed by atoms with van der Waals surface area (Å²) < 4.78 is 1.68. The van der Waals surface area contributed by atoms with Crippen LogP contribution in [-0.4, -0.2) is 32.8 Å². The molecule has 2 atom stereocenters. The summed E-state index contributed by atoms with van der Waals surface area (Å²) in [4.78, 5) is 23.2. The molecule has 0 aliphatic rings. The highest BCUT2D eigenvalue weighted by molar-refractivity contribution is 5.95. The van der Waals surface area contributed by atoms with Crippen LogP contribution in [0.4, 0.5) is 0 Å². The fourth-order valence-electron chi connectivity index (χ4n) is 2.09. The third-order valence-electron chi connectivity index (χ3n) is 3.75. The maximum absolute atomic E-state index is 12.3. The second kappa shape index (κ2) is 6.43. The van der Waals surface area contributed by atoms with Gasteiger partial charge in [-0.1, -0.05) is 18.2 Å². The molecule has 0 radical (unpaired) electrons. The van der Waals surface area contributed by atoms with Gasteiger partial charge in [-0.2, -0.15) is 5.10 Å². The quantitative estimate of drug-likeness (QED) is 0.885. The van der Waals surface area contributed by atoms with Gasteiger partial charge in [-0.15, -0.1) is 0 Å². The van der Waals surface area contributed by atoms with Crippen molar-refractivity contribution in [2.45, 2.75) is 26.8 Å². The second-order valence-corrected chi connectivity index (χ2v) is 5.28. The molecular weight excluding hydrogens is 282 g/mol. The summed E-state index contributed by atoms with van der Waals surface area (Å²) in [5.74, 6) is -1.92. The largest absolute Gasteiger partial charge is 0.481 e. The van der Waals surface area contributed by atoms with Crippen LogP contribution in [0.3, 0.4) is 0 Å². The van der Waals surface area contributed by atoms with E-state index in [1.165, 1.54) is 6.20 Å². The number of para-hydroxylation sites is 1. The number of amides is 1. The number of nitrogens with one attached hydrogen (secondary N) is 1. The Labute approximate surface area is 128 Å². The van der Waals surface area contributed by atoms with E-state index in [4.69, 9.17) is 5.11 Å². The van der Waals surface area contributed by atoms with Crippen molar-refractivity contribution < 1.29 is 14.7 Å². The molecule has 6 heteroatoms. The number of hydrogen-bond donors (Lipinski definition) is 2. The van der Waals surface area contributed by atoms with Gasteiger partial charge in [0.25, 0.3) is 5.91 Å². The highest BCUT2D eigenvalue weighted by atomic mass is 16.4. The first-order chi connectivity index (χ1) is 10.4. The van der Waals surface area contributed by atoms with E-state index >= 15 is 0 Å². The Morgan fingerprint density at radius 1 is 1.23 bits per heavy atom. The highest BCUT2D eigenvalue weighted by Gasteiger charge is 2.23. The van der Waals surface area contributed by atoms with Gasteiger partial charge in [0, 0.05) is 6.04 Å². The third-order valence-corrected chi connectivity index (χ3v) is 3.75. The lowest BCUT2D eigenvalue weighted by Crippen LogP contribution is -2.40. The lowest BCUT2D eigenvalue weighted by Gasteiger charge is -2.17. The number of nitrogens with zero attached hydrogens (tertiary/aromatic N) is 2. The van der Waals surface area contributed by atoms with E-state index in [1.54, 1.807) is 25.5 Å². The van der Waals surface area contributed by atoms with E-state index in [-0.39, 0.29) is 5.91 Å². The number of hydrogen-bond acceptors (Lipinski definition) is 3. The SMILES string of the molecule is Cc1c(C(=O)NC(C)C(C)C(=O)O)cnn1-c1ccccc1. The zero-order valence-electron chi connectivity index (χ0n) is 12.8. The predicted molar refractivity (Wildman–Crippen MR) is 82.0 cm³/mol. The molecule has 0 saturated heterocycles. The van der Waals surface area contributed by atoms with Gasteiger partial charge >= 0.3 is 5.97 Å². The lowest BCUT2D eigenvalue weighted by atomic mass is 10.0. The number of carboxylic acids is 1. The summed E-state index contributed by atoms with van der Waals surface area (Å²) in [6.45, 7) is 5.04. The summed E-state index contributed by atoms with van der Waals surface area (Å²) in [5, 5.41) is 15.9. The highest BCUT2D eigenvalue weighted by Crippen LogP contribution is 2.14. The van der Waals surface area contributed by atoms with Crippen LogP contribution in [0.2, 0.25) is 0 Å². The van der Waals surface area contributed by atoms with Gasteiger partial charge in [-0.3, -0.25) is 9.59 Å². The first kappa shape index (κ1) is 15.8. The fraction of sp³-hybridized carbons (Fsp3) is 0.312. The van der Waals surface area contributed by atoms with Gasteiger partial charge in [-0.25, -0.2) is 4.68 Å². The molecule has 0 aliphatic heterocycles. The Kier molecular flexibility index (Phi) is 4.60. The maximum Gasteiger partial charge on any atom is 0.308 e. The average Bonchev–Trinajstić information content (AvgIpc) is 2.88. The summed E-state index contributed by atoms with van der Waals surface area (Å²) >= 11 is 0. The standard InChI is InChI=1S/C16H19N3O3/c1-10(16(21)22)11(2)18-15(20)14-9-17-19(12(14)3)13-7-5-4-6-8-13/h4-11H,1-3H3,(H,18,20)(H,21,22). The summed E-state index contributed by atoms with van der Waals surface area (Å²) in [6, 6.07) is 9.03. The van der Waals surface area contributed by atoms with Crippen LogP contribution < -0.4 is 5.32 Å². The van der Waals surface area contributed by atoms with Gasteiger partial charge in [0.05, 0.1) is 29.1 Å². The normalized spacial score (nSPS) is 13.4. The molecule has 2 aromatic rings. The van der Waals surface area contributed by atoms with Crippen molar-refractivity contribution in [1.82, 2.24) is 15.1 Å².